The SMILES string of the molecule is CCCCNC(=O)[C@@H](C)N(Cc1ccccc1)C(=O)CN(c1cccc(Cl)c1)S(=O)(=O)c1ccc(Cl)cc1. The van der Waals surface area contributed by atoms with Crippen LogP contribution >= 0.6 is 23.2 Å². The number of benzene rings is 3. The van der Waals surface area contributed by atoms with Crippen LogP contribution in [0.1, 0.15) is 32.3 Å². The van der Waals surface area contributed by atoms with Crippen LogP contribution in [-0.2, 0) is 26.2 Å². The van der Waals surface area contributed by atoms with Crippen molar-refractivity contribution in [3.05, 3.63) is 94.5 Å². The summed E-state index contributed by atoms with van der Waals surface area (Å²) in [7, 11) is -4.18. The highest BCUT2D eigenvalue weighted by molar-refractivity contribution is 7.92. The average Bonchev–Trinajstić information content (AvgIpc) is 2.90. The minimum Gasteiger partial charge on any atom is -0.354 e. The molecule has 1 atom stereocenters. The quantitative estimate of drug-likeness (QED) is 0.288. The maximum Gasteiger partial charge on any atom is 0.264 e. The molecule has 3 aromatic rings. The maximum atomic E-state index is 13.8. The molecule has 0 aliphatic heterocycles. The normalized spacial score (nSPS) is 12.0. The number of hydrogen-bond donors (Lipinski definition) is 1. The summed E-state index contributed by atoms with van der Waals surface area (Å²) in [5, 5.41) is 3.56. The van der Waals surface area contributed by atoms with Crippen molar-refractivity contribution in [3.63, 3.8) is 0 Å². The summed E-state index contributed by atoms with van der Waals surface area (Å²) in [6, 6.07) is 20.4. The fraction of sp³-hybridized carbons (Fsp3) is 0.286. The summed E-state index contributed by atoms with van der Waals surface area (Å²) in [6.07, 6.45) is 1.73. The molecule has 0 spiro atoms. The van der Waals surface area contributed by atoms with Crippen molar-refractivity contribution < 1.29 is 18.0 Å². The van der Waals surface area contributed by atoms with Crippen molar-refractivity contribution in [2.45, 2.75) is 44.2 Å². The van der Waals surface area contributed by atoms with Gasteiger partial charge in [0.15, 0.2) is 0 Å². The first-order valence-corrected chi connectivity index (χ1v) is 14.5. The number of halogens is 2. The second kappa shape index (κ2) is 13.6. The summed E-state index contributed by atoms with van der Waals surface area (Å²) in [5.74, 6) is -0.845. The van der Waals surface area contributed by atoms with Crippen LogP contribution in [0.4, 0.5) is 5.69 Å². The second-order valence-corrected chi connectivity index (χ2v) is 11.5. The Labute approximate surface area is 234 Å². The molecule has 0 radical (unpaired) electrons. The molecular weight excluding hydrogens is 545 g/mol. The van der Waals surface area contributed by atoms with Gasteiger partial charge in [0, 0.05) is 23.1 Å². The van der Waals surface area contributed by atoms with Crippen molar-refractivity contribution in [2.24, 2.45) is 0 Å². The predicted octanol–water partition coefficient (Wildman–Crippen LogP) is 5.52. The van der Waals surface area contributed by atoms with Crippen LogP contribution in [0.15, 0.2) is 83.8 Å². The number of unbranched alkanes of at least 4 members (excludes halogenated alkanes) is 1. The number of hydrogen-bond acceptors (Lipinski definition) is 4. The Morgan fingerprint density at radius 2 is 1.61 bits per heavy atom. The third-order valence-electron chi connectivity index (χ3n) is 5.97. The Balaban J connectivity index is 1.98. The van der Waals surface area contributed by atoms with Gasteiger partial charge in [-0.3, -0.25) is 13.9 Å². The summed E-state index contributed by atoms with van der Waals surface area (Å²) in [6.45, 7) is 3.75. The lowest BCUT2D eigenvalue weighted by molar-refractivity contribution is -0.139. The molecule has 2 amide bonds. The Morgan fingerprint density at radius 1 is 0.921 bits per heavy atom. The van der Waals surface area contributed by atoms with E-state index in [4.69, 9.17) is 23.2 Å². The lowest BCUT2D eigenvalue weighted by Gasteiger charge is -2.32. The van der Waals surface area contributed by atoms with E-state index in [1.807, 2.05) is 37.3 Å². The van der Waals surface area contributed by atoms with Crippen molar-refractivity contribution in [3.8, 4) is 0 Å². The number of nitrogens with one attached hydrogen (secondary N) is 1. The lowest BCUT2D eigenvalue weighted by Crippen LogP contribution is -2.51. The van der Waals surface area contributed by atoms with E-state index in [0.717, 1.165) is 22.7 Å². The zero-order valence-electron chi connectivity index (χ0n) is 21.3. The average molecular weight is 577 g/mol. The minimum absolute atomic E-state index is 0.0327. The van der Waals surface area contributed by atoms with Gasteiger partial charge >= 0.3 is 0 Å². The van der Waals surface area contributed by atoms with E-state index < -0.39 is 28.5 Å². The van der Waals surface area contributed by atoms with E-state index >= 15 is 0 Å². The van der Waals surface area contributed by atoms with Gasteiger partial charge in [0.05, 0.1) is 10.6 Å². The van der Waals surface area contributed by atoms with Gasteiger partial charge in [-0.1, -0.05) is 72.9 Å². The molecule has 38 heavy (non-hydrogen) atoms. The fourth-order valence-corrected chi connectivity index (χ4v) is 5.51. The Morgan fingerprint density at radius 3 is 2.24 bits per heavy atom. The van der Waals surface area contributed by atoms with E-state index in [-0.39, 0.29) is 23.0 Å². The van der Waals surface area contributed by atoms with Gasteiger partial charge in [-0.2, -0.15) is 0 Å². The maximum absolute atomic E-state index is 13.8. The fourth-order valence-electron chi connectivity index (χ4n) is 3.79. The van der Waals surface area contributed by atoms with E-state index in [0.29, 0.717) is 16.6 Å². The number of carbonyl (C=O) groups excluding carboxylic acids is 2. The summed E-state index contributed by atoms with van der Waals surface area (Å²) < 4.78 is 28.5. The molecule has 10 heteroatoms. The number of amides is 2. The molecule has 0 saturated heterocycles. The molecule has 0 unspecified atom stereocenters. The van der Waals surface area contributed by atoms with Crippen molar-refractivity contribution in [1.29, 1.82) is 0 Å². The highest BCUT2D eigenvalue weighted by Gasteiger charge is 2.32. The zero-order chi connectivity index (χ0) is 27.7. The molecular formula is C28H31Cl2N3O4S. The van der Waals surface area contributed by atoms with Crippen LogP contribution in [-0.4, -0.2) is 44.3 Å². The summed E-state index contributed by atoms with van der Waals surface area (Å²) in [4.78, 5) is 28.1. The third kappa shape index (κ3) is 7.72. The zero-order valence-corrected chi connectivity index (χ0v) is 23.6. The standard InChI is InChI=1S/C28H31Cl2N3O4S/c1-3-4-17-31-28(35)21(2)32(19-22-9-6-5-7-10-22)27(34)20-33(25-12-8-11-24(30)18-25)38(36,37)26-15-13-23(29)14-16-26/h5-16,18,21H,3-4,17,19-20H2,1-2H3,(H,31,35)/t21-/m1/s1. The van der Waals surface area contributed by atoms with E-state index in [1.54, 1.807) is 25.1 Å². The first-order valence-electron chi connectivity index (χ1n) is 12.3. The molecule has 0 heterocycles. The predicted molar refractivity (Wildman–Crippen MR) is 152 cm³/mol. The molecule has 0 fully saturated rings. The second-order valence-electron chi connectivity index (χ2n) is 8.77. The largest absolute Gasteiger partial charge is 0.354 e. The van der Waals surface area contributed by atoms with Crippen LogP contribution in [0.2, 0.25) is 10.0 Å². The Bertz CT molecular complexity index is 1340. The first kappa shape index (κ1) is 29.5. The van der Waals surface area contributed by atoms with Gasteiger partial charge in [0.25, 0.3) is 10.0 Å². The first-order chi connectivity index (χ1) is 18.1. The number of sulfonamides is 1. The highest BCUT2D eigenvalue weighted by atomic mass is 35.5. The van der Waals surface area contributed by atoms with Gasteiger partial charge in [0.2, 0.25) is 11.8 Å². The monoisotopic (exact) mass is 575 g/mol. The van der Waals surface area contributed by atoms with Crippen molar-refractivity contribution in [1.82, 2.24) is 10.2 Å². The Hall–Kier alpha value is -3.07. The molecule has 202 valence electrons. The summed E-state index contributed by atoms with van der Waals surface area (Å²) in [5.41, 5.74) is 1.03. The minimum atomic E-state index is -4.18. The summed E-state index contributed by atoms with van der Waals surface area (Å²) >= 11 is 12.1. The van der Waals surface area contributed by atoms with Gasteiger partial charge in [-0.25, -0.2) is 8.42 Å². The molecule has 0 aliphatic carbocycles. The third-order valence-corrected chi connectivity index (χ3v) is 8.24. The molecule has 7 nitrogen and oxygen atoms in total. The molecule has 3 aromatic carbocycles. The Kier molecular flexibility index (Phi) is 10.6. The van der Waals surface area contributed by atoms with Crippen LogP contribution in [0.3, 0.4) is 0 Å². The molecule has 0 bridgehead atoms. The van der Waals surface area contributed by atoms with Gasteiger partial charge < -0.3 is 10.2 Å². The number of rotatable bonds is 12. The van der Waals surface area contributed by atoms with Crippen LogP contribution in [0, 0.1) is 0 Å². The number of carbonyl (C=O) groups is 2. The van der Waals surface area contributed by atoms with Crippen LogP contribution in [0.5, 0.6) is 0 Å². The molecule has 1 N–H and O–H groups in total. The van der Waals surface area contributed by atoms with Crippen molar-refractivity contribution in [2.75, 3.05) is 17.4 Å². The molecule has 0 saturated carbocycles. The molecule has 0 aliphatic rings. The van der Waals surface area contributed by atoms with Crippen molar-refractivity contribution >= 4 is 50.7 Å². The topological polar surface area (TPSA) is 86.8 Å². The van der Waals surface area contributed by atoms with E-state index in [2.05, 4.69) is 5.32 Å². The van der Waals surface area contributed by atoms with Gasteiger partial charge in [-0.15, -0.1) is 0 Å². The van der Waals surface area contributed by atoms with Gasteiger partial charge in [-0.05, 0) is 61.4 Å². The molecule has 0 aromatic heterocycles. The van der Waals surface area contributed by atoms with Crippen LogP contribution in [0.25, 0.3) is 0 Å². The number of nitrogens with zero attached hydrogens (tertiary/aromatic N) is 2. The molecule has 3 rings (SSSR count). The van der Waals surface area contributed by atoms with Gasteiger partial charge in [0.1, 0.15) is 12.6 Å². The van der Waals surface area contributed by atoms with Crippen LogP contribution < -0.4 is 9.62 Å². The lowest BCUT2D eigenvalue weighted by atomic mass is 10.1. The van der Waals surface area contributed by atoms with E-state index in [9.17, 15) is 18.0 Å². The highest BCUT2D eigenvalue weighted by Crippen LogP contribution is 2.27. The smallest absolute Gasteiger partial charge is 0.264 e. The van der Waals surface area contributed by atoms with E-state index in [1.165, 1.54) is 35.2 Å². The number of anilines is 1.